The molecule has 1 spiro atoms. The molecule has 0 bridgehead atoms. The molecule has 1 aliphatic heterocycles. The highest BCUT2D eigenvalue weighted by atomic mass is 79.9. The Morgan fingerprint density at radius 2 is 2.00 bits per heavy atom. The van der Waals surface area contributed by atoms with Crippen LogP contribution in [0.3, 0.4) is 0 Å². The fraction of sp³-hybridized carbons (Fsp3) is 0.625. The van der Waals surface area contributed by atoms with Crippen molar-refractivity contribution in [1.82, 2.24) is 21.3 Å². The summed E-state index contributed by atoms with van der Waals surface area (Å²) in [6.07, 6.45) is 4.24. The largest absolute Gasteiger partial charge is 0.349 e. The van der Waals surface area contributed by atoms with Crippen molar-refractivity contribution in [1.29, 1.82) is 0 Å². The molecule has 4 atom stereocenters. The number of aryl methyl sites for hydroxylation is 1. The van der Waals surface area contributed by atoms with E-state index in [1.807, 2.05) is 6.07 Å². The first-order valence-corrected chi connectivity index (χ1v) is 13.4. The molecule has 4 unspecified atom stereocenters. The Morgan fingerprint density at radius 1 is 1.21 bits per heavy atom. The van der Waals surface area contributed by atoms with Gasteiger partial charge in [-0.1, -0.05) is 35.8 Å². The molecule has 180 valence electrons. The topological polar surface area (TPSA) is 99.3 Å². The van der Waals surface area contributed by atoms with Gasteiger partial charge in [-0.05, 0) is 73.6 Å². The van der Waals surface area contributed by atoms with Crippen LogP contribution in [0.25, 0.3) is 0 Å². The molecular weight excluding hydrogens is 504 g/mol. The van der Waals surface area contributed by atoms with Crippen LogP contribution < -0.4 is 21.3 Å². The van der Waals surface area contributed by atoms with E-state index >= 15 is 0 Å². The van der Waals surface area contributed by atoms with Crippen LogP contribution in [0.5, 0.6) is 0 Å². The van der Waals surface area contributed by atoms with Gasteiger partial charge in [0.05, 0.1) is 23.4 Å². The molecule has 1 saturated carbocycles. The number of halogens is 1. The Kier molecular flexibility index (Phi) is 7.13. The molecule has 2 aliphatic carbocycles. The van der Waals surface area contributed by atoms with E-state index in [9.17, 15) is 14.4 Å². The molecule has 33 heavy (non-hydrogen) atoms. The van der Waals surface area contributed by atoms with Crippen molar-refractivity contribution in [2.75, 3.05) is 19.3 Å². The van der Waals surface area contributed by atoms with E-state index in [1.54, 1.807) is 18.8 Å². The third-order valence-corrected chi connectivity index (χ3v) is 8.98. The molecule has 4 rings (SSSR count). The van der Waals surface area contributed by atoms with Gasteiger partial charge in [0.2, 0.25) is 17.7 Å². The maximum absolute atomic E-state index is 13.7. The maximum Gasteiger partial charge on any atom is 0.243 e. The van der Waals surface area contributed by atoms with Crippen LogP contribution in [0.15, 0.2) is 22.7 Å². The highest BCUT2D eigenvalue weighted by molar-refractivity contribution is 9.10. The first-order valence-electron chi connectivity index (χ1n) is 11.6. The smallest absolute Gasteiger partial charge is 0.243 e. The zero-order valence-electron chi connectivity index (χ0n) is 19.4. The third-order valence-electron chi connectivity index (χ3n) is 7.05. The van der Waals surface area contributed by atoms with Crippen molar-refractivity contribution in [3.8, 4) is 0 Å². The summed E-state index contributed by atoms with van der Waals surface area (Å²) in [5.41, 5.74) is 2.24. The van der Waals surface area contributed by atoms with Gasteiger partial charge < -0.3 is 21.3 Å². The lowest BCUT2D eigenvalue weighted by Gasteiger charge is -2.58. The Morgan fingerprint density at radius 3 is 2.73 bits per heavy atom. The summed E-state index contributed by atoms with van der Waals surface area (Å²) in [6, 6.07) is 5.69. The van der Waals surface area contributed by atoms with Crippen LogP contribution in [0.4, 0.5) is 0 Å². The van der Waals surface area contributed by atoms with Crippen molar-refractivity contribution in [3.05, 3.63) is 33.8 Å². The lowest BCUT2D eigenvalue weighted by Crippen LogP contribution is -2.70. The number of carbonyl (C=O) groups excluding carboxylic acids is 3. The van der Waals surface area contributed by atoms with Crippen molar-refractivity contribution >= 4 is 45.4 Å². The van der Waals surface area contributed by atoms with Crippen LogP contribution in [0.2, 0.25) is 0 Å². The fourth-order valence-electron chi connectivity index (χ4n) is 5.75. The number of hydrogen-bond acceptors (Lipinski definition) is 5. The second kappa shape index (κ2) is 9.58. The van der Waals surface area contributed by atoms with E-state index < -0.39 is 10.9 Å². The first-order chi connectivity index (χ1) is 15.6. The lowest BCUT2D eigenvalue weighted by molar-refractivity contribution is -0.144. The van der Waals surface area contributed by atoms with Crippen LogP contribution in [-0.4, -0.2) is 48.0 Å². The van der Waals surface area contributed by atoms with Gasteiger partial charge in [-0.25, -0.2) is 0 Å². The second-order valence-corrected chi connectivity index (χ2v) is 12.4. The summed E-state index contributed by atoms with van der Waals surface area (Å²) in [6.45, 7) is 4.36. The zero-order valence-corrected chi connectivity index (χ0v) is 21.8. The van der Waals surface area contributed by atoms with Crippen LogP contribution in [0, 0.1) is 11.3 Å². The predicted molar refractivity (Wildman–Crippen MR) is 134 cm³/mol. The van der Waals surface area contributed by atoms with Crippen LogP contribution >= 0.6 is 27.7 Å². The molecule has 0 aromatic heterocycles. The molecule has 3 amide bonds. The Balaban J connectivity index is 1.50. The molecule has 4 N–H and O–H groups in total. The average molecular weight is 538 g/mol. The highest BCUT2D eigenvalue weighted by Crippen LogP contribution is 2.59. The average Bonchev–Trinajstić information content (AvgIpc) is 2.86. The van der Waals surface area contributed by atoms with E-state index in [0.29, 0.717) is 12.2 Å². The van der Waals surface area contributed by atoms with Gasteiger partial charge in [0.25, 0.3) is 0 Å². The summed E-state index contributed by atoms with van der Waals surface area (Å²) in [7, 11) is 1.70. The maximum atomic E-state index is 13.7. The first kappa shape index (κ1) is 24.5. The normalized spacial score (nSPS) is 30.4. The number of benzene rings is 1. The molecule has 0 radical (unpaired) electrons. The molecule has 1 aromatic rings. The van der Waals surface area contributed by atoms with Crippen molar-refractivity contribution in [2.45, 2.75) is 62.9 Å². The molecule has 2 fully saturated rings. The Bertz CT molecular complexity index is 956. The van der Waals surface area contributed by atoms with E-state index in [1.165, 1.54) is 11.1 Å². The third kappa shape index (κ3) is 4.95. The number of carbonyl (C=O) groups is 3. The number of fused-ring (bicyclic) bond motifs is 1. The molecular formula is C24H33BrN4O3S. The van der Waals surface area contributed by atoms with Crippen LogP contribution in [-0.2, 0) is 20.8 Å². The molecule has 1 saturated heterocycles. The Labute approximate surface area is 208 Å². The van der Waals surface area contributed by atoms with Gasteiger partial charge in [0, 0.05) is 4.47 Å². The number of likely N-dealkylation sites (N-methyl/N-ethyl adjacent to an activating group) is 1. The summed E-state index contributed by atoms with van der Waals surface area (Å²) in [4.78, 5) is 38.1. The quantitative estimate of drug-likeness (QED) is 0.463. The van der Waals surface area contributed by atoms with Gasteiger partial charge in [-0.2, -0.15) is 0 Å². The predicted octanol–water partition coefficient (Wildman–Crippen LogP) is 2.64. The van der Waals surface area contributed by atoms with Gasteiger partial charge in [-0.15, -0.1) is 11.8 Å². The van der Waals surface area contributed by atoms with Gasteiger partial charge in [0.15, 0.2) is 0 Å². The summed E-state index contributed by atoms with van der Waals surface area (Å²) in [5, 5.41) is 12.1. The Hall–Kier alpha value is -1.58. The van der Waals surface area contributed by atoms with Crippen LogP contribution in [0.1, 0.15) is 56.7 Å². The zero-order chi connectivity index (χ0) is 23.8. The molecule has 1 heterocycles. The van der Waals surface area contributed by atoms with Gasteiger partial charge in [0.1, 0.15) is 6.04 Å². The standard InChI is InChI=1S/C24H33BrN4O3S/c1-23(2)13-24(29-21(31)18(9-10-33-24)27-19(30)12-26-3)20(23)22(32)28-17-6-4-5-14-11-15(25)7-8-16(14)17/h7-8,11,17-18,20,26H,4-6,9-10,12-13H2,1-3H3,(H,27,30)(H,28,32)(H,29,31). The minimum Gasteiger partial charge on any atom is -0.349 e. The fourth-order valence-corrected chi connectivity index (χ4v) is 8.12. The second-order valence-electron chi connectivity index (χ2n) is 10.1. The van der Waals surface area contributed by atoms with E-state index in [2.05, 4.69) is 63.2 Å². The monoisotopic (exact) mass is 536 g/mol. The molecule has 9 heteroatoms. The summed E-state index contributed by atoms with van der Waals surface area (Å²) >= 11 is 5.19. The van der Waals surface area contributed by atoms with E-state index in [4.69, 9.17) is 0 Å². The number of hydrogen-bond donors (Lipinski definition) is 4. The summed E-state index contributed by atoms with van der Waals surface area (Å²) < 4.78 is 1.06. The molecule has 7 nitrogen and oxygen atoms in total. The van der Waals surface area contributed by atoms with Gasteiger partial charge >= 0.3 is 0 Å². The highest BCUT2D eigenvalue weighted by Gasteiger charge is 2.64. The van der Waals surface area contributed by atoms with Gasteiger partial charge in [-0.3, -0.25) is 14.4 Å². The van der Waals surface area contributed by atoms with E-state index in [-0.39, 0.29) is 41.6 Å². The lowest BCUT2D eigenvalue weighted by atomic mass is 9.57. The molecule has 3 aliphatic rings. The summed E-state index contributed by atoms with van der Waals surface area (Å²) in [5.74, 6) is -0.0531. The molecule has 1 aromatic carbocycles. The SMILES string of the molecule is CNCC(=O)NC1CCSC2(CC(C)(C)C2C(=O)NC2CCCc3cc(Br)ccc32)NC1=O. The van der Waals surface area contributed by atoms with Crippen molar-refractivity contribution in [3.63, 3.8) is 0 Å². The number of thioether (sulfide) groups is 1. The van der Waals surface area contributed by atoms with E-state index in [0.717, 1.165) is 30.2 Å². The van der Waals surface area contributed by atoms with Crippen molar-refractivity contribution < 1.29 is 14.4 Å². The number of rotatable bonds is 5. The minimum atomic E-state index is -0.635. The number of nitrogens with one attached hydrogen (secondary N) is 4. The van der Waals surface area contributed by atoms with Crippen molar-refractivity contribution in [2.24, 2.45) is 11.3 Å². The number of amides is 3. The minimum absolute atomic E-state index is 0.00233.